The summed E-state index contributed by atoms with van der Waals surface area (Å²) in [6, 6.07) is 0.325. The van der Waals surface area contributed by atoms with E-state index in [0.29, 0.717) is 12.6 Å². The van der Waals surface area contributed by atoms with Crippen LogP contribution in [0.3, 0.4) is 0 Å². The minimum atomic E-state index is -0.0853. The minimum Gasteiger partial charge on any atom is -0.350 e. The Kier molecular flexibility index (Phi) is 5.40. The van der Waals surface area contributed by atoms with Gasteiger partial charge in [-0.1, -0.05) is 13.3 Å². The molecule has 0 saturated carbocycles. The SMILES string of the molecule is CCCC(C)(C)NC(=O)CN1CCC(N)CC1. The van der Waals surface area contributed by atoms with Crippen LogP contribution in [-0.4, -0.2) is 42.0 Å². The zero-order valence-electron chi connectivity index (χ0n) is 11.5. The maximum atomic E-state index is 11.9. The zero-order chi connectivity index (χ0) is 12.9. The van der Waals surface area contributed by atoms with Crippen molar-refractivity contribution in [3.63, 3.8) is 0 Å². The lowest BCUT2D eigenvalue weighted by molar-refractivity contribution is -0.124. The molecule has 0 bridgehead atoms. The molecular weight excluding hydrogens is 214 g/mol. The molecule has 0 aliphatic carbocycles. The van der Waals surface area contributed by atoms with Gasteiger partial charge in [0, 0.05) is 24.7 Å². The third-order valence-electron chi connectivity index (χ3n) is 3.35. The average molecular weight is 241 g/mol. The van der Waals surface area contributed by atoms with Gasteiger partial charge >= 0.3 is 0 Å². The van der Waals surface area contributed by atoms with Gasteiger partial charge in [0.05, 0.1) is 6.54 Å². The van der Waals surface area contributed by atoms with Crippen molar-refractivity contribution in [2.24, 2.45) is 5.73 Å². The summed E-state index contributed by atoms with van der Waals surface area (Å²) in [7, 11) is 0. The third kappa shape index (κ3) is 5.50. The first-order valence-corrected chi connectivity index (χ1v) is 6.72. The first-order chi connectivity index (χ1) is 7.93. The normalized spacial score (nSPS) is 19.3. The van der Waals surface area contributed by atoms with Crippen LogP contribution >= 0.6 is 0 Å². The van der Waals surface area contributed by atoms with Crippen molar-refractivity contribution in [2.45, 2.75) is 58.0 Å². The molecule has 4 nitrogen and oxygen atoms in total. The molecule has 100 valence electrons. The van der Waals surface area contributed by atoms with E-state index in [1.165, 1.54) is 0 Å². The van der Waals surface area contributed by atoms with Gasteiger partial charge in [0.1, 0.15) is 0 Å². The summed E-state index contributed by atoms with van der Waals surface area (Å²) >= 11 is 0. The summed E-state index contributed by atoms with van der Waals surface area (Å²) in [5.41, 5.74) is 5.76. The van der Waals surface area contributed by atoms with Gasteiger partial charge in [-0.15, -0.1) is 0 Å². The Morgan fingerprint density at radius 3 is 2.53 bits per heavy atom. The fourth-order valence-corrected chi connectivity index (χ4v) is 2.42. The molecular formula is C13H27N3O. The van der Waals surface area contributed by atoms with E-state index < -0.39 is 0 Å². The van der Waals surface area contributed by atoms with E-state index in [4.69, 9.17) is 5.73 Å². The topological polar surface area (TPSA) is 58.4 Å². The Balaban J connectivity index is 2.29. The van der Waals surface area contributed by atoms with Gasteiger partial charge in [-0.3, -0.25) is 9.69 Å². The number of nitrogens with one attached hydrogen (secondary N) is 1. The molecule has 1 heterocycles. The van der Waals surface area contributed by atoms with Crippen LogP contribution in [0.2, 0.25) is 0 Å². The number of nitrogens with zero attached hydrogens (tertiary/aromatic N) is 1. The van der Waals surface area contributed by atoms with E-state index in [2.05, 4.69) is 31.0 Å². The van der Waals surface area contributed by atoms with Crippen molar-refractivity contribution < 1.29 is 4.79 Å². The minimum absolute atomic E-state index is 0.0853. The van der Waals surface area contributed by atoms with Crippen molar-refractivity contribution >= 4 is 5.91 Å². The van der Waals surface area contributed by atoms with E-state index in [1.54, 1.807) is 0 Å². The van der Waals surface area contributed by atoms with Gasteiger partial charge in [-0.2, -0.15) is 0 Å². The fraction of sp³-hybridized carbons (Fsp3) is 0.923. The highest BCUT2D eigenvalue weighted by molar-refractivity contribution is 5.78. The van der Waals surface area contributed by atoms with Crippen LogP contribution < -0.4 is 11.1 Å². The molecule has 17 heavy (non-hydrogen) atoms. The predicted octanol–water partition coefficient (Wildman–Crippen LogP) is 1.10. The monoisotopic (exact) mass is 241 g/mol. The smallest absolute Gasteiger partial charge is 0.234 e. The van der Waals surface area contributed by atoms with Crippen LogP contribution in [0.4, 0.5) is 0 Å². The Bertz CT molecular complexity index is 245. The first-order valence-electron chi connectivity index (χ1n) is 6.72. The lowest BCUT2D eigenvalue weighted by Gasteiger charge is -2.31. The van der Waals surface area contributed by atoms with Crippen molar-refractivity contribution in [1.82, 2.24) is 10.2 Å². The molecule has 1 rings (SSSR count). The molecule has 1 aliphatic rings. The summed E-state index contributed by atoms with van der Waals surface area (Å²) in [6.07, 6.45) is 4.12. The molecule has 0 radical (unpaired) electrons. The van der Waals surface area contributed by atoms with Gasteiger partial charge in [0.2, 0.25) is 5.91 Å². The molecule has 3 N–H and O–H groups in total. The van der Waals surface area contributed by atoms with E-state index in [1.807, 2.05) is 0 Å². The molecule has 0 unspecified atom stereocenters. The Morgan fingerprint density at radius 2 is 2.00 bits per heavy atom. The number of amides is 1. The molecule has 0 atom stereocenters. The van der Waals surface area contributed by atoms with Gasteiger partial charge in [-0.05, 0) is 33.1 Å². The van der Waals surface area contributed by atoms with Gasteiger partial charge in [0.15, 0.2) is 0 Å². The fourth-order valence-electron chi connectivity index (χ4n) is 2.42. The summed E-state index contributed by atoms with van der Waals surface area (Å²) in [6.45, 7) is 8.71. The maximum Gasteiger partial charge on any atom is 0.234 e. The number of carbonyl (C=O) groups is 1. The van der Waals surface area contributed by atoms with Crippen molar-refractivity contribution in [3.8, 4) is 0 Å². The number of likely N-dealkylation sites (tertiary alicyclic amines) is 1. The Labute approximate surface area is 105 Å². The molecule has 1 saturated heterocycles. The number of hydrogen-bond acceptors (Lipinski definition) is 3. The molecule has 1 fully saturated rings. The van der Waals surface area contributed by atoms with Crippen LogP contribution in [0.5, 0.6) is 0 Å². The van der Waals surface area contributed by atoms with Gasteiger partial charge < -0.3 is 11.1 Å². The molecule has 1 aliphatic heterocycles. The summed E-state index contributed by atoms with van der Waals surface area (Å²) < 4.78 is 0. The molecule has 0 spiro atoms. The van der Waals surface area contributed by atoms with Crippen LogP contribution in [0.1, 0.15) is 46.5 Å². The van der Waals surface area contributed by atoms with E-state index >= 15 is 0 Å². The molecule has 0 aromatic rings. The van der Waals surface area contributed by atoms with Crippen molar-refractivity contribution in [1.29, 1.82) is 0 Å². The second-order valence-electron chi connectivity index (χ2n) is 5.80. The highest BCUT2D eigenvalue weighted by Gasteiger charge is 2.22. The quantitative estimate of drug-likeness (QED) is 0.758. The van der Waals surface area contributed by atoms with Gasteiger partial charge in [-0.25, -0.2) is 0 Å². The molecule has 0 aromatic heterocycles. The molecule has 1 amide bonds. The average Bonchev–Trinajstić information content (AvgIpc) is 2.20. The van der Waals surface area contributed by atoms with E-state index in [9.17, 15) is 4.79 Å². The second kappa shape index (κ2) is 6.36. The third-order valence-corrected chi connectivity index (χ3v) is 3.35. The predicted molar refractivity (Wildman–Crippen MR) is 70.8 cm³/mol. The van der Waals surface area contributed by atoms with E-state index in [0.717, 1.165) is 38.8 Å². The number of hydrogen-bond donors (Lipinski definition) is 2. The second-order valence-corrected chi connectivity index (χ2v) is 5.80. The first kappa shape index (κ1) is 14.5. The number of piperidine rings is 1. The number of carbonyl (C=O) groups excluding carboxylic acids is 1. The summed E-state index contributed by atoms with van der Waals surface area (Å²) in [4.78, 5) is 14.1. The zero-order valence-corrected chi connectivity index (χ0v) is 11.5. The van der Waals surface area contributed by atoms with Crippen LogP contribution in [0.25, 0.3) is 0 Å². The number of rotatable bonds is 5. The Morgan fingerprint density at radius 1 is 1.41 bits per heavy atom. The lowest BCUT2D eigenvalue weighted by atomic mass is 9.99. The van der Waals surface area contributed by atoms with Crippen LogP contribution in [-0.2, 0) is 4.79 Å². The standard InChI is InChI=1S/C13H27N3O/c1-4-7-13(2,3)15-12(17)10-16-8-5-11(14)6-9-16/h11H,4-10,14H2,1-3H3,(H,15,17). The lowest BCUT2D eigenvalue weighted by Crippen LogP contribution is -2.49. The highest BCUT2D eigenvalue weighted by atomic mass is 16.2. The van der Waals surface area contributed by atoms with Crippen LogP contribution in [0.15, 0.2) is 0 Å². The van der Waals surface area contributed by atoms with Crippen LogP contribution in [0, 0.1) is 0 Å². The summed E-state index contributed by atoms with van der Waals surface area (Å²) in [5, 5.41) is 3.10. The largest absolute Gasteiger partial charge is 0.350 e. The van der Waals surface area contributed by atoms with Gasteiger partial charge in [0.25, 0.3) is 0 Å². The van der Waals surface area contributed by atoms with Crippen molar-refractivity contribution in [3.05, 3.63) is 0 Å². The van der Waals surface area contributed by atoms with Crippen molar-refractivity contribution in [2.75, 3.05) is 19.6 Å². The Hall–Kier alpha value is -0.610. The highest BCUT2D eigenvalue weighted by Crippen LogP contribution is 2.11. The van der Waals surface area contributed by atoms with E-state index in [-0.39, 0.29) is 11.4 Å². The number of nitrogens with two attached hydrogens (primary N) is 1. The summed E-state index contributed by atoms with van der Waals surface area (Å²) in [5.74, 6) is 0.138. The molecule has 4 heteroatoms. The maximum absolute atomic E-state index is 11.9. The molecule has 0 aromatic carbocycles.